The second kappa shape index (κ2) is 6.36. The summed E-state index contributed by atoms with van der Waals surface area (Å²) in [5.41, 5.74) is 2.50. The van der Waals surface area contributed by atoms with Crippen LogP contribution < -0.4 is 10.2 Å². The lowest BCUT2D eigenvalue weighted by Crippen LogP contribution is -2.32. The summed E-state index contributed by atoms with van der Waals surface area (Å²) in [6.07, 6.45) is 3.97. The number of aromatic nitrogens is 2. The SMILES string of the molecule is Cc1cccc([C@@H](NC(=O)c2cccnc2N(C)C)C2CC2)n1. The normalized spacial score (nSPS) is 15.1. The Bertz CT molecular complexity index is 710. The number of anilines is 1. The predicted molar refractivity (Wildman–Crippen MR) is 90.5 cm³/mol. The van der Waals surface area contributed by atoms with E-state index in [1.807, 2.05) is 50.2 Å². The zero-order chi connectivity index (χ0) is 16.4. The third-order valence-corrected chi connectivity index (χ3v) is 4.06. The zero-order valence-corrected chi connectivity index (χ0v) is 13.8. The fourth-order valence-corrected chi connectivity index (χ4v) is 2.75. The van der Waals surface area contributed by atoms with Crippen molar-refractivity contribution in [1.29, 1.82) is 0 Å². The molecule has 0 spiro atoms. The maximum Gasteiger partial charge on any atom is 0.255 e. The van der Waals surface area contributed by atoms with Crippen molar-refractivity contribution in [3.8, 4) is 0 Å². The van der Waals surface area contributed by atoms with Crippen LogP contribution in [0.3, 0.4) is 0 Å². The Morgan fingerprint density at radius 2 is 2.04 bits per heavy atom. The molecule has 0 bridgehead atoms. The molecule has 0 aromatic carbocycles. The number of hydrogen-bond donors (Lipinski definition) is 1. The lowest BCUT2D eigenvalue weighted by Gasteiger charge is -2.20. The maximum atomic E-state index is 12.8. The van der Waals surface area contributed by atoms with Gasteiger partial charge in [-0.3, -0.25) is 9.78 Å². The van der Waals surface area contributed by atoms with E-state index in [1.54, 1.807) is 12.3 Å². The Kier molecular flexibility index (Phi) is 4.28. The van der Waals surface area contributed by atoms with Crippen molar-refractivity contribution in [3.05, 3.63) is 53.5 Å². The molecule has 1 saturated carbocycles. The standard InChI is InChI=1S/C18H22N4O/c1-12-6-4-8-15(20-12)16(13-9-10-13)21-18(23)14-7-5-11-19-17(14)22(2)3/h4-8,11,13,16H,9-10H2,1-3H3,(H,21,23)/t16-/m0/s1. The van der Waals surface area contributed by atoms with Gasteiger partial charge in [-0.25, -0.2) is 4.98 Å². The van der Waals surface area contributed by atoms with Crippen molar-refractivity contribution < 1.29 is 4.79 Å². The molecule has 0 radical (unpaired) electrons. The summed E-state index contributed by atoms with van der Waals surface area (Å²) in [7, 11) is 3.78. The smallest absolute Gasteiger partial charge is 0.255 e. The highest BCUT2D eigenvalue weighted by Gasteiger charge is 2.35. The first kappa shape index (κ1) is 15.5. The third-order valence-electron chi connectivity index (χ3n) is 4.06. The predicted octanol–water partition coefficient (Wildman–Crippen LogP) is 2.73. The number of pyridine rings is 2. The largest absolute Gasteiger partial charge is 0.362 e. The van der Waals surface area contributed by atoms with Crippen molar-refractivity contribution in [2.24, 2.45) is 5.92 Å². The Morgan fingerprint density at radius 3 is 2.70 bits per heavy atom. The molecule has 1 aliphatic carbocycles. The van der Waals surface area contributed by atoms with Gasteiger partial charge in [-0.15, -0.1) is 0 Å². The van der Waals surface area contributed by atoms with Crippen LogP contribution in [-0.4, -0.2) is 30.0 Å². The summed E-state index contributed by atoms with van der Waals surface area (Å²) in [6, 6.07) is 9.53. The zero-order valence-electron chi connectivity index (χ0n) is 13.8. The van der Waals surface area contributed by atoms with Gasteiger partial charge in [0.1, 0.15) is 5.82 Å². The number of amides is 1. The number of hydrogen-bond acceptors (Lipinski definition) is 4. The Hall–Kier alpha value is -2.43. The van der Waals surface area contributed by atoms with Crippen LogP contribution in [0.2, 0.25) is 0 Å². The molecule has 1 amide bonds. The van der Waals surface area contributed by atoms with Gasteiger partial charge in [-0.2, -0.15) is 0 Å². The van der Waals surface area contributed by atoms with E-state index in [0.717, 1.165) is 24.2 Å². The molecule has 1 atom stereocenters. The summed E-state index contributed by atoms with van der Waals surface area (Å²) in [6.45, 7) is 1.97. The molecule has 1 N–H and O–H groups in total. The Labute approximate surface area is 136 Å². The fourth-order valence-electron chi connectivity index (χ4n) is 2.75. The summed E-state index contributed by atoms with van der Waals surface area (Å²) in [4.78, 5) is 23.5. The van der Waals surface area contributed by atoms with Crippen LogP contribution in [0.1, 0.15) is 40.6 Å². The molecule has 5 heteroatoms. The lowest BCUT2D eigenvalue weighted by molar-refractivity contribution is 0.0931. The average Bonchev–Trinajstić information content (AvgIpc) is 3.37. The molecule has 120 valence electrons. The molecular formula is C18H22N4O. The van der Waals surface area contributed by atoms with Gasteiger partial charge < -0.3 is 10.2 Å². The number of rotatable bonds is 5. The number of nitrogens with zero attached hydrogens (tertiary/aromatic N) is 3. The van der Waals surface area contributed by atoms with Gasteiger partial charge in [-0.1, -0.05) is 6.07 Å². The first-order valence-corrected chi connectivity index (χ1v) is 7.93. The number of aryl methyl sites for hydroxylation is 1. The maximum absolute atomic E-state index is 12.8. The molecule has 3 rings (SSSR count). The monoisotopic (exact) mass is 310 g/mol. The second-order valence-corrected chi connectivity index (χ2v) is 6.26. The van der Waals surface area contributed by atoms with Gasteiger partial charge in [0.25, 0.3) is 5.91 Å². The van der Waals surface area contributed by atoms with E-state index in [4.69, 9.17) is 0 Å². The van der Waals surface area contributed by atoms with Gasteiger partial charge in [0, 0.05) is 26.0 Å². The molecule has 5 nitrogen and oxygen atoms in total. The van der Waals surface area contributed by atoms with Crippen LogP contribution in [0.4, 0.5) is 5.82 Å². The van der Waals surface area contributed by atoms with E-state index in [-0.39, 0.29) is 11.9 Å². The minimum Gasteiger partial charge on any atom is -0.362 e. The van der Waals surface area contributed by atoms with Crippen molar-refractivity contribution in [3.63, 3.8) is 0 Å². The second-order valence-electron chi connectivity index (χ2n) is 6.26. The first-order valence-electron chi connectivity index (χ1n) is 7.93. The third kappa shape index (κ3) is 3.50. The molecule has 1 aliphatic rings. The summed E-state index contributed by atoms with van der Waals surface area (Å²) >= 11 is 0. The molecule has 2 aromatic rings. The topological polar surface area (TPSA) is 58.1 Å². The minimum atomic E-state index is -0.0954. The average molecular weight is 310 g/mol. The van der Waals surface area contributed by atoms with Gasteiger partial charge in [-0.05, 0) is 49.9 Å². The first-order chi connectivity index (χ1) is 11.1. The van der Waals surface area contributed by atoms with Crippen LogP contribution >= 0.6 is 0 Å². The van der Waals surface area contributed by atoms with Crippen molar-refractivity contribution in [2.75, 3.05) is 19.0 Å². The summed E-state index contributed by atoms with van der Waals surface area (Å²) in [5, 5.41) is 3.17. The quantitative estimate of drug-likeness (QED) is 0.922. The van der Waals surface area contributed by atoms with Gasteiger partial charge in [0.05, 0.1) is 17.3 Å². The number of nitrogens with one attached hydrogen (secondary N) is 1. The fraction of sp³-hybridized carbons (Fsp3) is 0.389. The molecule has 1 fully saturated rings. The van der Waals surface area contributed by atoms with Gasteiger partial charge in [0.2, 0.25) is 0 Å². The Morgan fingerprint density at radius 1 is 1.26 bits per heavy atom. The van der Waals surface area contributed by atoms with E-state index < -0.39 is 0 Å². The van der Waals surface area contributed by atoms with Crippen LogP contribution in [-0.2, 0) is 0 Å². The molecule has 0 saturated heterocycles. The van der Waals surface area contributed by atoms with Crippen LogP contribution in [0, 0.1) is 12.8 Å². The van der Waals surface area contributed by atoms with Crippen molar-refractivity contribution in [2.45, 2.75) is 25.8 Å². The van der Waals surface area contributed by atoms with Crippen LogP contribution in [0.15, 0.2) is 36.5 Å². The molecule has 0 unspecified atom stereocenters. The van der Waals surface area contributed by atoms with Gasteiger partial charge >= 0.3 is 0 Å². The van der Waals surface area contributed by atoms with E-state index in [9.17, 15) is 4.79 Å². The highest BCUT2D eigenvalue weighted by molar-refractivity contribution is 5.99. The molecule has 2 aromatic heterocycles. The van der Waals surface area contributed by atoms with Gasteiger partial charge in [0.15, 0.2) is 0 Å². The highest BCUT2D eigenvalue weighted by Crippen LogP contribution is 2.40. The van der Waals surface area contributed by atoms with Crippen molar-refractivity contribution >= 4 is 11.7 Å². The molecule has 0 aliphatic heterocycles. The Balaban J connectivity index is 1.85. The number of carbonyl (C=O) groups excluding carboxylic acids is 1. The summed E-state index contributed by atoms with van der Waals surface area (Å²) < 4.78 is 0. The van der Waals surface area contributed by atoms with E-state index >= 15 is 0 Å². The van der Waals surface area contributed by atoms with Crippen molar-refractivity contribution in [1.82, 2.24) is 15.3 Å². The van der Waals surface area contributed by atoms with E-state index in [0.29, 0.717) is 17.3 Å². The van der Waals surface area contributed by atoms with E-state index in [1.165, 1.54) is 0 Å². The van der Waals surface area contributed by atoms with Crippen LogP contribution in [0.5, 0.6) is 0 Å². The lowest BCUT2D eigenvalue weighted by atomic mass is 10.1. The molecular weight excluding hydrogens is 288 g/mol. The molecule has 23 heavy (non-hydrogen) atoms. The minimum absolute atomic E-state index is 0.0300. The van der Waals surface area contributed by atoms with Crippen LogP contribution in [0.25, 0.3) is 0 Å². The molecule has 2 heterocycles. The number of carbonyl (C=O) groups is 1. The highest BCUT2D eigenvalue weighted by atomic mass is 16.1. The summed E-state index contributed by atoms with van der Waals surface area (Å²) in [5.74, 6) is 1.06. The van der Waals surface area contributed by atoms with E-state index in [2.05, 4.69) is 15.3 Å².